The fourth-order valence-electron chi connectivity index (χ4n) is 1.79. The molecule has 0 aliphatic carbocycles. The van der Waals surface area contributed by atoms with Gasteiger partial charge in [0.05, 0.1) is 4.90 Å². The van der Waals surface area contributed by atoms with Crippen molar-refractivity contribution < 1.29 is 8.42 Å². The largest absolute Gasteiger partial charge is 0.243 e. The molecule has 0 bridgehead atoms. The normalized spacial score (nSPS) is 12.1. The van der Waals surface area contributed by atoms with Crippen LogP contribution in [0.5, 0.6) is 0 Å². The minimum absolute atomic E-state index is 0.106. The van der Waals surface area contributed by atoms with E-state index in [-0.39, 0.29) is 6.04 Å². The van der Waals surface area contributed by atoms with Crippen molar-refractivity contribution in [1.29, 1.82) is 0 Å². The van der Waals surface area contributed by atoms with E-state index in [0.29, 0.717) is 17.3 Å². The first kappa shape index (κ1) is 16.2. The minimum atomic E-state index is -3.47. The molecule has 1 aromatic carbocycles. The molecule has 0 fully saturated rings. The number of benzene rings is 1. The molecule has 1 aromatic rings. The second kappa shape index (κ2) is 7.08. The van der Waals surface area contributed by atoms with Gasteiger partial charge in [-0.3, -0.25) is 0 Å². The van der Waals surface area contributed by atoms with Crippen LogP contribution in [0.2, 0.25) is 0 Å². The molecular weight excluding hydrogens is 282 g/mol. The third kappa shape index (κ3) is 4.06. The molecule has 0 radical (unpaired) electrons. The van der Waals surface area contributed by atoms with Gasteiger partial charge in [-0.05, 0) is 38.0 Å². The summed E-state index contributed by atoms with van der Waals surface area (Å²) in [7, 11) is -3.47. The number of sulfonamides is 1. The van der Waals surface area contributed by atoms with E-state index < -0.39 is 10.0 Å². The van der Waals surface area contributed by atoms with Gasteiger partial charge in [-0.2, -0.15) is 4.31 Å². The summed E-state index contributed by atoms with van der Waals surface area (Å²) in [5, 5.41) is 0. The molecule has 0 spiro atoms. The molecule has 19 heavy (non-hydrogen) atoms. The van der Waals surface area contributed by atoms with E-state index in [0.717, 1.165) is 12.0 Å². The lowest BCUT2D eigenvalue weighted by Gasteiger charge is -2.24. The Bertz CT molecular complexity index is 509. The summed E-state index contributed by atoms with van der Waals surface area (Å²) >= 11 is 5.66. The van der Waals surface area contributed by atoms with Gasteiger partial charge in [-0.1, -0.05) is 18.2 Å². The van der Waals surface area contributed by atoms with Gasteiger partial charge in [0, 0.05) is 18.5 Å². The zero-order chi connectivity index (χ0) is 14.5. The van der Waals surface area contributed by atoms with E-state index in [1.807, 2.05) is 26.0 Å². The molecule has 0 amide bonds. The van der Waals surface area contributed by atoms with Crippen molar-refractivity contribution in [2.45, 2.75) is 31.2 Å². The average Bonchev–Trinajstić information content (AvgIpc) is 2.36. The van der Waals surface area contributed by atoms with Crippen LogP contribution in [0.4, 0.5) is 0 Å². The minimum Gasteiger partial charge on any atom is -0.207 e. The van der Waals surface area contributed by atoms with Crippen molar-refractivity contribution in [2.75, 3.05) is 12.4 Å². The molecule has 0 saturated heterocycles. The predicted octanol–water partition coefficient (Wildman–Crippen LogP) is 3.05. The van der Waals surface area contributed by atoms with Crippen LogP contribution in [0.15, 0.2) is 41.8 Å². The summed E-state index contributed by atoms with van der Waals surface area (Å²) in [6.07, 6.45) is 2.34. The SMILES string of the molecule is C=CCN(C(C)C)S(=O)(=O)c1ccc(CCCl)cc1. The zero-order valence-corrected chi connectivity index (χ0v) is 12.9. The summed E-state index contributed by atoms with van der Waals surface area (Å²) in [6, 6.07) is 6.78. The Balaban J connectivity index is 3.07. The summed E-state index contributed by atoms with van der Waals surface area (Å²) < 4.78 is 26.4. The fraction of sp³-hybridized carbons (Fsp3) is 0.429. The lowest BCUT2D eigenvalue weighted by atomic mass is 10.2. The van der Waals surface area contributed by atoms with Crippen LogP contribution >= 0.6 is 11.6 Å². The molecule has 0 unspecified atom stereocenters. The Morgan fingerprint density at radius 1 is 1.32 bits per heavy atom. The number of hydrogen-bond donors (Lipinski definition) is 0. The van der Waals surface area contributed by atoms with Gasteiger partial charge in [-0.25, -0.2) is 8.42 Å². The van der Waals surface area contributed by atoms with E-state index in [4.69, 9.17) is 11.6 Å². The summed E-state index contributed by atoms with van der Waals surface area (Å²) in [5.41, 5.74) is 1.04. The monoisotopic (exact) mass is 301 g/mol. The van der Waals surface area contributed by atoms with E-state index in [1.54, 1.807) is 18.2 Å². The smallest absolute Gasteiger partial charge is 0.207 e. The van der Waals surface area contributed by atoms with E-state index in [2.05, 4.69) is 6.58 Å². The Hall–Kier alpha value is -0.840. The van der Waals surface area contributed by atoms with E-state index >= 15 is 0 Å². The number of hydrogen-bond acceptors (Lipinski definition) is 2. The molecule has 3 nitrogen and oxygen atoms in total. The Morgan fingerprint density at radius 3 is 2.32 bits per heavy atom. The van der Waals surface area contributed by atoms with Crippen molar-refractivity contribution in [3.05, 3.63) is 42.5 Å². The Morgan fingerprint density at radius 2 is 1.89 bits per heavy atom. The lowest BCUT2D eigenvalue weighted by Crippen LogP contribution is -2.36. The van der Waals surface area contributed by atoms with Gasteiger partial charge in [0.1, 0.15) is 0 Å². The predicted molar refractivity (Wildman–Crippen MR) is 80.1 cm³/mol. The van der Waals surface area contributed by atoms with E-state index in [9.17, 15) is 8.42 Å². The summed E-state index contributed by atoms with van der Waals surface area (Å²) in [6.45, 7) is 7.62. The number of alkyl halides is 1. The van der Waals surface area contributed by atoms with Crippen molar-refractivity contribution in [3.8, 4) is 0 Å². The van der Waals surface area contributed by atoms with Crippen molar-refractivity contribution in [2.24, 2.45) is 0 Å². The number of nitrogens with zero attached hydrogens (tertiary/aromatic N) is 1. The number of aryl methyl sites for hydroxylation is 1. The van der Waals surface area contributed by atoms with Crippen molar-refractivity contribution in [3.63, 3.8) is 0 Å². The maximum absolute atomic E-state index is 12.5. The van der Waals surface area contributed by atoms with Crippen LogP contribution < -0.4 is 0 Å². The van der Waals surface area contributed by atoms with Gasteiger partial charge >= 0.3 is 0 Å². The van der Waals surface area contributed by atoms with Gasteiger partial charge < -0.3 is 0 Å². The highest BCUT2D eigenvalue weighted by molar-refractivity contribution is 7.89. The van der Waals surface area contributed by atoms with Crippen LogP contribution in [-0.2, 0) is 16.4 Å². The highest BCUT2D eigenvalue weighted by atomic mass is 35.5. The summed E-state index contributed by atoms with van der Waals surface area (Å²) in [5.74, 6) is 0.528. The molecule has 0 heterocycles. The van der Waals surface area contributed by atoms with Gasteiger partial charge in [-0.15, -0.1) is 18.2 Å². The fourth-order valence-corrected chi connectivity index (χ4v) is 3.61. The molecule has 0 N–H and O–H groups in total. The topological polar surface area (TPSA) is 37.4 Å². The standard InChI is InChI=1S/C14H20ClNO2S/c1-4-11-16(12(2)3)19(17,18)14-7-5-13(6-8-14)9-10-15/h4-8,12H,1,9-11H2,2-3H3. The first-order chi connectivity index (χ1) is 8.93. The molecule has 0 aliphatic heterocycles. The van der Waals surface area contributed by atoms with Crippen LogP contribution in [0.1, 0.15) is 19.4 Å². The van der Waals surface area contributed by atoms with Crippen molar-refractivity contribution >= 4 is 21.6 Å². The summed E-state index contributed by atoms with van der Waals surface area (Å²) in [4.78, 5) is 0.307. The average molecular weight is 302 g/mol. The Labute approximate surface area is 120 Å². The second-order valence-corrected chi connectivity index (χ2v) is 6.81. The first-order valence-electron chi connectivity index (χ1n) is 6.21. The molecule has 0 aliphatic rings. The quantitative estimate of drug-likeness (QED) is 0.573. The molecule has 0 atom stereocenters. The van der Waals surface area contributed by atoms with Gasteiger partial charge in [0.25, 0.3) is 0 Å². The third-order valence-electron chi connectivity index (χ3n) is 2.80. The van der Waals surface area contributed by atoms with Crippen molar-refractivity contribution in [1.82, 2.24) is 4.31 Å². The molecule has 0 saturated carbocycles. The highest BCUT2D eigenvalue weighted by Crippen LogP contribution is 2.19. The zero-order valence-electron chi connectivity index (χ0n) is 11.3. The Kier molecular flexibility index (Phi) is 6.04. The maximum atomic E-state index is 12.5. The third-order valence-corrected chi connectivity index (χ3v) is 5.04. The van der Waals surface area contributed by atoms with E-state index in [1.165, 1.54) is 4.31 Å². The molecule has 1 rings (SSSR count). The van der Waals surface area contributed by atoms with Crippen LogP contribution in [0.3, 0.4) is 0 Å². The highest BCUT2D eigenvalue weighted by Gasteiger charge is 2.25. The van der Waals surface area contributed by atoms with Gasteiger partial charge in [0.2, 0.25) is 10.0 Å². The van der Waals surface area contributed by atoms with Gasteiger partial charge in [0.15, 0.2) is 0 Å². The number of halogens is 1. The number of rotatable bonds is 7. The maximum Gasteiger partial charge on any atom is 0.243 e. The van der Waals surface area contributed by atoms with Crippen LogP contribution in [-0.4, -0.2) is 31.2 Å². The molecule has 0 aromatic heterocycles. The van der Waals surface area contributed by atoms with Crippen LogP contribution in [0.25, 0.3) is 0 Å². The molecular formula is C14H20ClNO2S. The van der Waals surface area contributed by atoms with Crippen LogP contribution in [0, 0.1) is 0 Å². The second-order valence-electron chi connectivity index (χ2n) is 4.54. The molecule has 106 valence electrons. The molecule has 5 heteroatoms. The lowest BCUT2D eigenvalue weighted by molar-refractivity contribution is 0.383. The first-order valence-corrected chi connectivity index (χ1v) is 8.18.